The van der Waals surface area contributed by atoms with Gasteiger partial charge in [-0.05, 0) is 46.5 Å². The molecule has 0 amide bonds. The number of hydroxylamine groups is 2. The molecular weight excluding hydrogens is 298 g/mol. The first kappa shape index (κ1) is 18.2. The molecule has 0 N–H and O–H groups in total. The largest absolute Gasteiger partial charge is 0.466 e. The van der Waals surface area contributed by atoms with Gasteiger partial charge in [-0.25, -0.2) is 0 Å². The van der Waals surface area contributed by atoms with E-state index in [2.05, 4.69) is 13.8 Å². The van der Waals surface area contributed by atoms with Crippen molar-refractivity contribution in [1.29, 1.82) is 0 Å². The maximum atomic E-state index is 12.5. The van der Waals surface area contributed by atoms with Crippen molar-refractivity contribution >= 4 is 11.9 Å². The number of hydrogen-bond donors (Lipinski definition) is 0. The molecule has 2 aliphatic rings. The predicted molar refractivity (Wildman–Crippen MR) is 84.3 cm³/mol. The second-order valence-corrected chi connectivity index (χ2v) is 8.14. The summed E-state index contributed by atoms with van der Waals surface area (Å²) < 4.78 is 10.7. The number of ether oxygens (including phenoxy) is 2. The molecule has 4 atom stereocenters. The van der Waals surface area contributed by atoms with Crippen LogP contribution < -0.4 is 0 Å². The van der Waals surface area contributed by atoms with E-state index in [4.69, 9.17) is 14.3 Å². The fraction of sp³-hybridized carbons (Fsp3) is 0.882. The van der Waals surface area contributed by atoms with Crippen molar-refractivity contribution in [3.05, 3.63) is 0 Å². The Bertz CT molecular complexity index is 482. The zero-order chi connectivity index (χ0) is 17.6. The monoisotopic (exact) mass is 327 g/mol. The number of nitrogens with zero attached hydrogens (tertiary/aromatic N) is 1. The molecule has 2 saturated heterocycles. The summed E-state index contributed by atoms with van der Waals surface area (Å²) in [6.45, 7) is 13.6. The molecule has 0 radical (unpaired) electrons. The quantitative estimate of drug-likeness (QED) is 0.741. The first-order valence-electron chi connectivity index (χ1n) is 8.32. The Labute approximate surface area is 138 Å². The van der Waals surface area contributed by atoms with Crippen LogP contribution in [0.2, 0.25) is 0 Å². The number of hydrogen-bond acceptors (Lipinski definition) is 6. The van der Waals surface area contributed by atoms with Crippen LogP contribution in [0.5, 0.6) is 0 Å². The molecule has 2 fully saturated rings. The number of fused-ring (bicyclic) bond motifs is 1. The van der Waals surface area contributed by atoms with Crippen molar-refractivity contribution in [2.45, 2.75) is 78.7 Å². The minimum atomic E-state index is -0.550. The highest BCUT2D eigenvalue weighted by molar-refractivity contribution is 5.78. The molecule has 0 aromatic rings. The van der Waals surface area contributed by atoms with Gasteiger partial charge in [0.25, 0.3) is 0 Å². The van der Waals surface area contributed by atoms with Crippen LogP contribution in [0.15, 0.2) is 0 Å². The van der Waals surface area contributed by atoms with Gasteiger partial charge in [0.2, 0.25) is 0 Å². The van der Waals surface area contributed by atoms with Gasteiger partial charge in [0.15, 0.2) is 0 Å². The molecule has 6 heteroatoms. The predicted octanol–water partition coefficient (Wildman–Crippen LogP) is 2.31. The van der Waals surface area contributed by atoms with E-state index in [0.717, 1.165) is 0 Å². The fourth-order valence-electron chi connectivity index (χ4n) is 3.66. The molecule has 0 bridgehead atoms. The van der Waals surface area contributed by atoms with Gasteiger partial charge in [0.05, 0.1) is 18.8 Å². The molecule has 0 aromatic heterocycles. The lowest BCUT2D eigenvalue weighted by atomic mass is 9.76. The van der Waals surface area contributed by atoms with Crippen LogP contribution in [0.1, 0.15) is 54.9 Å². The van der Waals surface area contributed by atoms with Crippen molar-refractivity contribution in [2.75, 3.05) is 6.61 Å². The van der Waals surface area contributed by atoms with Gasteiger partial charge in [-0.1, -0.05) is 13.8 Å². The van der Waals surface area contributed by atoms with E-state index >= 15 is 0 Å². The van der Waals surface area contributed by atoms with E-state index in [1.165, 1.54) is 0 Å². The standard InChI is InChI=1S/C17H29NO5/c1-8-21-15(20)12-10(2)23-18-11(9-17(6,7)13(12)18)14(19)22-16(3,4)5/h10-13H,8-9H2,1-7H3. The average molecular weight is 327 g/mol. The van der Waals surface area contributed by atoms with Gasteiger partial charge in [0, 0.05) is 0 Å². The molecule has 0 saturated carbocycles. The lowest BCUT2D eigenvalue weighted by Gasteiger charge is -2.29. The van der Waals surface area contributed by atoms with Crippen molar-refractivity contribution < 1.29 is 23.9 Å². The van der Waals surface area contributed by atoms with Crippen LogP contribution in [-0.4, -0.2) is 47.4 Å². The highest BCUT2D eigenvalue weighted by Gasteiger charge is 2.61. The van der Waals surface area contributed by atoms with E-state index in [1.54, 1.807) is 12.0 Å². The van der Waals surface area contributed by atoms with Gasteiger partial charge >= 0.3 is 11.9 Å². The van der Waals surface area contributed by atoms with E-state index in [1.807, 2.05) is 27.7 Å². The Morgan fingerprint density at radius 2 is 1.87 bits per heavy atom. The third-order valence-corrected chi connectivity index (χ3v) is 4.47. The number of rotatable bonds is 3. The van der Waals surface area contributed by atoms with E-state index < -0.39 is 17.6 Å². The first-order valence-corrected chi connectivity index (χ1v) is 8.32. The van der Waals surface area contributed by atoms with Gasteiger partial charge in [0.1, 0.15) is 17.6 Å². The molecule has 0 aliphatic carbocycles. The topological polar surface area (TPSA) is 65.1 Å². The van der Waals surface area contributed by atoms with Crippen molar-refractivity contribution in [2.24, 2.45) is 11.3 Å². The molecule has 132 valence electrons. The first-order chi connectivity index (χ1) is 10.5. The molecule has 6 nitrogen and oxygen atoms in total. The number of esters is 2. The third kappa shape index (κ3) is 3.53. The summed E-state index contributed by atoms with van der Waals surface area (Å²) in [5, 5.41) is 1.68. The molecule has 23 heavy (non-hydrogen) atoms. The average Bonchev–Trinajstić information content (AvgIpc) is 2.83. The highest BCUT2D eigenvalue weighted by Crippen LogP contribution is 2.50. The Kier molecular flexibility index (Phi) is 4.79. The van der Waals surface area contributed by atoms with Crippen LogP contribution in [0.3, 0.4) is 0 Å². The Hall–Kier alpha value is -1.14. The van der Waals surface area contributed by atoms with Gasteiger partial charge in [-0.3, -0.25) is 14.4 Å². The zero-order valence-electron chi connectivity index (χ0n) is 15.2. The lowest BCUT2D eigenvalue weighted by Crippen LogP contribution is -2.43. The smallest absolute Gasteiger partial charge is 0.326 e. The Balaban J connectivity index is 2.24. The van der Waals surface area contributed by atoms with Crippen molar-refractivity contribution in [1.82, 2.24) is 5.06 Å². The molecule has 2 aliphatic heterocycles. The maximum absolute atomic E-state index is 12.5. The Morgan fingerprint density at radius 1 is 1.26 bits per heavy atom. The van der Waals surface area contributed by atoms with E-state index in [9.17, 15) is 9.59 Å². The van der Waals surface area contributed by atoms with E-state index in [0.29, 0.717) is 13.0 Å². The summed E-state index contributed by atoms with van der Waals surface area (Å²) >= 11 is 0. The van der Waals surface area contributed by atoms with Crippen LogP contribution >= 0.6 is 0 Å². The normalized spacial score (nSPS) is 33.3. The highest BCUT2D eigenvalue weighted by atomic mass is 16.7. The fourth-order valence-corrected chi connectivity index (χ4v) is 3.66. The molecular formula is C17H29NO5. The van der Waals surface area contributed by atoms with Gasteiger partial charge < -0.3 is 9.47 Å². The Morgan fingerprint density at radius 3 is 2.39 bits per heavy atom. The van der Waals surface area contributed by atoms with Gasteiger partial charge in [-0.2, -0.15) is 5.06 Å². The van der Waals surface area contributed by atoms with Gasteiger partial charge in [-0.15, -0.1) is 0 Å². The maximum Gasteiger partial charge on any atom is 0.326 e. The SMILES string of the molecule is CCOC(=O)C1C(C)ON2C(C(=O)OC(C)(C)C)CC(C)(C)C12. The number of carbonyl (C=O) groups excluding carboxylic acids is 2. The van der Waals surface area contributed by atoms with Crippen LogP contribution in [0, 0.1) is 11.3 Å². The zero-order valence-corrected chi connectivity index (χ0v) is 15.2. The number of carbonyl (C=O) groups is 2. The second kappa shape index (κ2) is 6.06. The summed E-state index contributed by atoms with van der Waals surface area (Å²) in [5.41, 5.74) is -0.797. The van der Waals surface area contributed by atoms with Crippen LogP contribution in [0.4, 0.5) is 0 Å². The third-order valence-electron chi connectivity index (χ3n) is 4.47. The molecule has 0 aromatic carbocycles. The summed E-state index contributed by atoms with van der Waals surface area (Å²) in [4.78, 5) is 30.8. The van der Waals surface area contributed by atoms with E-state index in [-0.39, 0.29) is 29.5 Å². The van der Waals surface area contributed by atoms with Crippen molar-refractivity contribution in [3.63, 3.8) is 0 Å². The van der Waals surface area contributed by atoms with Crippen LogP contribution in [-0.2, 0) is 23.9 Å². The summed E-state index contributed by atoms with van der Waals surface area (Å²) in [5.74, 6) is -0.951. The van der Waals surface area contributed by atoms with Crippen LogP contribution in [0.25, 0.3) is 0 Å². The second-order valence-electron chi connectivity index (χ2n) is 8.14. The van der Waals surface area contributed by atoms with Crippen molar-refractivity contribution in [3.8, 4) is 0 Å². The molecule has 0 spiro atoms. The summed E-state index contributed by atoms with van der Waals surface area (Å²) in [6.07, 6.45) is 0.276. The molecule has 4 unspecified atom stereocenters. The summed E-state index contributed by atoms with van der Waals surface area (Å²) in [6, 6.07) is -0.676. The minimum absolute atomic E-state index is 0.186. The lowest BCUT2D eigenvalue weighted by molar-refractivity contribution is -0.197. The minimum Gasteiger partial charge on any atom is -0.466 e. The summed E-state index contributed by atoms with van der Waals surface area (Å²) in [7, 11) is 0. The molecule has 2 rings (SSSR count). The molecule has 2 heterocycles.